The van der Waals surface area contributed by atoms with Crippen molar-refractivity contribution in [2.45, 2.75) is 6.92 Å². The van der Waals surface area contributed by atoms with E-state index in [2.05, 4.69) is 13.5 Å². The summed E-state index contributed by atoms with van der Waals surface area (Å²) in [4.78, 5) is 0. The molecule has 0 bridgehead atoms. The SMILES string of the molecule is CCO[p+]1npnpn1. The monoisotopic (exact) mass is 180 g/mol. The molecular weight excluding hydrogens is 175 g/mol. The molecule has 0 amide bonds. The van der Waals surface area contributed by atoms with Gasteiger partial charge in [-0.15, -0.1) is 0 Å². The zero-order valence-corrected chi connectivity index (χ0v) is 7.48. The molecule has 1 aromatic rings. The largest absolute Gasteiger partial charge is 0.353 e. The predicted molar refractivity (Wildman–Crippen MR) is 39.1 cm³/mol. The number of rotatable bonds is 2. The second-order valence-corrected chi connectivity index (χ2v) is 4.39. The van der Waals surface area contributed by atoms with Gasteiger partial charge in [-0.25, -0.2) is 4.52 Å². The quantitative estimate of drug-likeness (QED) is 0.695. The van der Waals surface area contributed by atoms with Crippen LogP contribution in [-0.4, -0.2) is 20.1 Å². The van der Waals surface area contributed by atoms with Gasteiger partial charge in [0.05, 0.1) is 6.61 Å². The van der Waals surface area contributed by atoms with Gasteiger partial charge in [0.2, 0.25) is 0 Å². The highest BCUT2D eigenvalue weighted by molar-refractivity contribution is 7.50. The minimum Gasteiger partial charge on any atom is -0.243 e. The zero-order chi connectivity index (χ0) is 6.53. The summed E-state index contributed by atoms with van der Waals surface area (Å²) in [6.45, 7) is 2.62. The fourth-order valence-corrected chi connectivity index (χ4v) is 3.04. The summed E-state index contributed by atoms with van der Waals surface area (Å²) in [6, 6.07) is 0. The Labute approximate surface area is 57.5 Å². The Kier molecular flexibility index (Phi) is 3.39. The molecule has 0 unspecified atom stereocenters. The molecule has 48 valence electrons. The number of aromatic nitrogens is 3. The maximum absolute atomic E-state index is 5.14. The molecule has 4 nitrogen and oxygen atoms in total. The molecule has 0 atom stereocenters. The molecule has 0 aliphatic heterocycles. The normalized spacial score (nSPS) is 13.2. The van der Waals surface area contributed by atoms with E-state index in [4.69, 9.17) is 4.52 Å². The molecule has 1 aromatic heterocycles. The first kappa shape index (κ1) is 7.37. The lowest BCUT2D eigenvalue weighted by Crippen LogP contribution is -1.88. The number of hydrogen-bond donors (Lipinski definition) is 0. The average molecular weight is 180 g/mol. The van der Waals surface area contributed by atoms with Crippen LogP contribution in [-0.2, 0) is 0 Å². The van der Waals surface area contributed by atoms with E-state index in [1.165, 1.54) is 0 Å². The Morgan fingerprint density at radius 1 is 1.44 bits per heavy atom. The fourth-order valence-electron chi connectivity index (χ4n) is 0.307. The van der Waals surface area contributed by atoms with Crippen molar-refractivity contribution in [1.29, 1.82) is 0 Å². The fraction of sp³-hybridized carbons (Fsp3) is 1.00. The summed E-state index contributed by atoms with van der Waals surface area (Å²) in [7, 11) is 0.690. The molecule has 1 heterocycles. The van der Waals surface area contributed by atoms with Crippen molar-refractivity contribution in [3.05, 3.63) is 0 Å². The average Bonchev–Trinajstić information content (AvgIpc) is 1.91. The minimum atomic E-state index is -0.840. The lowest BCUT2D eigenvalue weighted by molar-refractivity contribution is 0.454. The topological polar surface area (TPSA) is 47.9 Å². The Bertz CT molecular complexity index is 170. The van der Waals surface area contributed by atoms with Crippen LogP contribution in [0.2, 0.25) is 0 Å². The van der Waals surface area contributed by atoms with Gasteiger partial charge in [0.15, 0.2) is 0 Å². The van der Waals surface area contributed by atoms with Crippen molar-refractivity contribution in [3.63, 3.8) is 0 Å². The van der Waals surface area contributed by atoms with Crippen LogP contribution < -0.4 is 4.52 Å². The molecule has 0 fully saturated rings. The van der Waals surface area contributed by atoms with Crippen molar-refractivity contribution in [3.8, 4) is 0 Å². The second kappa shape index (κ2) is 4.14. The Morgan fingerprint density at radius 2 is 2.11 bits per heavy atom. The molecule has 0 aliphatic carbocycles. The molecule has 1 rings (SSSR count). The molecule has 0 N–H and O–H groups in total. The number of nitrogens with zero attached hydrogens (tertiary/aromatic N) is 3. The maximum atomic E-state index is 5.14. The van der Waals surface area contributed by atoms with E-state index in [1.54, 1.807) is 0 Å². The third-order valence-corrected chi connectivity index (χ3v) is 3.55. The zero-order valence-electron chi connectivity index (χ0n) is 4.80. The van der Waals surface area contributed by atoms with Gasteiger partial charge in [-0.3, -0.25) is 0 Å². The molecule has 0 saturated heterocycles. The summed E-state index contributed by atoms with van der Waals surface area (Å²) >= 11 is 0. The van der Waals surface area contributed by atoms with Crippen LogP contribution in [0.1, 0.15) is 6.92 Å². The van der Waals surface area contributed by atoms with Gasteiger partial charge < -0.3 is 0 Å². The van der Waals surface area contributed by atoms with Crippen LogP contribution in [0.15, 0.2) is 0 Å². The number of hydrogen-bond acceptors (Lipinski definition) is 4. The molecule has 0 aromatic carbocycles. The van der Waals surface area contributed by atoms with Gasteiger partial charge in [0, 0.05) is 0 Å². The summed E-state index contributed by atoms with van der Waals surface area (Å²) in [5.74, 6) is 0. The van der Waals surface area contributed by atoms with E-state index in [0.29, 0.717) is 6.61 Å². The predicted octanol–water partition coefficient (Wildman–Crippen LogP) is 1.75. The van der Waals surface area contributed by atoms with E-state index in [1.807, 2.05) is 6.92 Å². The first-order valence-corrected chi connectivity index (χ1v) is 5.14. The molecule has 7 heteroatoms. The first-order chi connectivity index (χ1) is 4.43. The summed E-state index contributed by atoms with van der Waals surface area (Å²) in [5, 5.41) is 0. The Morgan fingerprint density at radius 3 is 2.67 bits per heavy atom. The van der Waals surface area contributed by atoms with Crippen LogP contribution in [0.25, 0.3) is 0 Å². The Balaban J connectivity index is 2.61. The molecule has 0 saturated carbocycles. The van der Waals surface area contributed by atoms with E-state index in [0.717, 1.165) is 17.0 Å². The maximum Gasteiger partial charge on any atom is 0.353 e. The van der Waals surface area contributed by atoms with Crippen LogP contribution in [0.3, 0.4) is 0 Å². The van der Waals surface area contributed by atoms with Crippen molar-refractivity contribution < 1.29 is 4.52 Å². The summed E-state index contributed by atoms with van der Waals surface area (Å²) in [6.07, 6.45) is 0. The lowest BCUT2D eigenvalue weighted by Gasteiger charge is -1.83. The smallest absolute Gasteiger partial charge is 0.243 e. The highest BCUT2D eigenvalue weighted by Gasteiger charge is 2.00. The van der Waals surface area contributed by atoms with Crippen LogP contribution in [0, 0.1) is 0 Å². The molecular formula is C2H5N3OP3+. The Hall–Kier alpha value is 0.260. The standard InChI is InChI=1S/C2H5N3OP3/c1-2-6-9-4-7-3-8-5-9/h2H2,1H3/q+1. The van der Waals surface area contributed by atoms with Gasteiger partial charge in [-0.1, -0.05) is 0 Å². The third-order valence-electron chi connectivity index (χ3n) is 0.558. The lowest BCUT2D eigenvalue weighted by atomic mass is 10.9. The van der Waals surface area contributed by atoms with Gasteiger partial charge in [-0.05, 0) is 20.5 Å². The van der Waals surface area contributed by atoms with E-state index >= 15 is 0 Å². The van der Waals surface area contributed by atoms with Crippen molar-refractivity contribution >= 4 is 25.1 Å². The van der Waals surface area contributed by atoms with Crippen molar-refractivity contribution in [1.82, 2.24) is 13.5 Å². The van der Waals surface area contributed by atoms with Gasteiger partial charge in [-0.2, -0.15) is 0 Å². The van der Waals surface area contributed by atoms with Crippen LogP contribution in [0.4, 0.5) is 0 Å². The van der Waals surface area contributed by atoms with E-state index in [9.17, 15) is 0 Å². The molecule has 0 radical (unpaired) electrons. The first-order valence-electron chi connectivity index (χ1n) is 2.38. The minimum absolute atomic E-state index is 0.684. The van der Waals surface area contributed by atoms with E-state index in [-0.39, 0.29) is 0 Å². The van der Waals surface area contributed by atoms with Crippen LogP contribution in [0.5, 0.6) is 0 Å². The van der Waals surface area contributed by atoms with Crippen molar-refractivity contribution in [2.24, 2.45) is 0 Å². The van der Waals surface area contributed by atoms with Gasteiger partial charge >= 0.3 is 25.1 Å². The van der Waals surface area contributed by atoms with Crippen LogP contribution >= 0.6 is 25.1 Å². The van der Waals surface area contributed by atoms with Crippen molar-refractivity contribution in [2.75, 3.05) is 6.61 Å². The highest BCUT2D eigenvalue weighted by Crippen LogP contribution is 2.17. The van der Waals surface area contributed by atoms with Gasteiger partial charge in [0.1, 0.15) is 0 Å². The van der Waals surface area contributed by atoms with E-state index < -0.39 is 8.08 Å². The summed E-state index contributed by atoms with van der Waals surface area (Å²) < 4.78 is 17.0. The highest BCUT2D eigenvalue weighted by atomic mass is 31.2. The molecule has 0 spiro atoms. The third kappa shape index (κ3) is 2.55. The molecule has 9 heavy (non-hydrogen) atoms. The molecule has 0 aliphatic rings. The summed E-state index contributed by atoms with van der Waals surface area (Å²) in [5.41, 5.74) is 0. The van der Waals surface area contributed by atoms with Gasteiger partial charge in [0.25, 0.3) is 0 Å². The second-order valence-electron chi connectivity index (χ2n) is 1.12.